The van der Waals surface area contributed by atoms with E-state index in [0.717, 1.165) is 22.8 Å². The molecule has 6 nitrogen and oxygen atoms in total. The van der Waals surface area contributed by atoms with Crippen LogP contribution < -0.4 is 10.6 Å². The van der Waals surface area contributed by atoms with Gasteiger partial charge in [0.25, 0.3) is 5.91 Å². The molecule has 0 aliphatic heterocycles. The van der Waals surface area contributed by atoms with Crippen LogP contribution in [0, 0.1) is 6.92 Å². The van der Waals surface area contributed by atoms with Crippen molar-refractivity contribution in [1.29, 1.82) is 0 Å². The van der Waals surface area contributed by atoms with Crippen molar-refractivity contribution in [2.45, 2.75) is 6.92 Å². The quantitative estimate of drug-likeness (QED) is 0.794. The van der Waals surface area contributed by atoms with Gasteiger partial charge in [0.2, 0.25) is 0 Å². The minimum Gasteiger partial charge on any atom is -0.350 e. The molecule has 1 amide bonds. The zero-order valence-corrected chi connectivity index (χ0v) is 12.0. The third-order valence-corrected chi connectivity index (χ3v) is 3.82. The Kier molecular flexibility index (Phi) is 4.28. The second-order valence-corrected chi connectivity index (χ2v) is 5.19. The van der Waals surface area contributed by atoms with Gasteiger partial charge in [0.15, 0.2) is 0 Å². The fourth-order valence-electron chi connectivity index (χ4n) is 1.64. The summed E-state index contributed by atoms with van der Waals surface area (Å²) in [4.78, 5) is 17.1. The number of hydrogen-bond acceptors (Lipinski definition) is 5. The Morgan fingerprint density at radius 2 is 2.26 bits per heavy atom. The number of thiazole rings is 1. The highest BCUT2D eigenvalue weighted by molar-refractivity contribution is 7.17. The summed E-state index contributed by atoms with van der Waals surface area (Å²) in [7, 11) is 3.71. The van der Waals surface area contributed by atoms with Crippen molar-refractivity contribution in [1.82, 2.24) is 25.4 Å². The molecule has 2 aromatic heterocycles. The molecule has 0 bridgehead atoms. The topological polar surface area (TPSA) is 71.8 Å². The Labute approximate surface area is 115 Å². The third-order valence-electron chi connectivity index (χ3n) is 2.62. The monoisotopic (exact) mass is 279 g/mol. The molecule has 2 heterocycles. The summed E-state index contributed by atoms with van der Waals surface area (Å²) in [5.74, 6) is -0.0691. The fraction of sp³-hybridized carbons (Fsp3) is 0.417. The van der Waals surface area contributed by atoms with Gasteiger partial charge in [-0.15, -0.1) is 11.3 Å². The lowest BCUT2D eigenvalue weighted by molar-refractivity contribution is 0.0957. The van der Waals surface area contributed by atoms with Gasteiger partial charge in [0.05, 0.1) is 11.9 Å². The SMILES string of the molecule is CNCCNC(=O)c1sc(-c2cnn(C)c2)nc1C. The first-order valence-corrected chi connectivity index (χ1v) is 6.82. The first-order chi connectivity index (χ1) is 9.11. The zero-order chi connectivity index (χ0) is 13.8. The minimum absolute atomic E-state index is 0.0691. The molecule has 0 radical (unpaired) electrons. The number of nitrogens with one attached hydrogen (secondary N) is 2. The fourth-order valence-corrected chi connectivity index (χ4v) is 2.60. The van der Waals surface area contributed by atoms with Gasteiger partial charge in [0, 0.05) is 31.9 Å². The van der Waals surface area contributed by atoms with Crippen molar-refractivity contribution in [3.05, 3.63) is 23.0 Å². The average Bonchev–Trinajstić information content (AvgIpc) is 2.95. The molecule has 0 fully saturated rings. The van der Waals surface area contributed by atoms with E-state index in [-0.39, 0.29) is 5.91 Å². The molecule has 2 rings (SSSR count). The van der Waals surface area contributed by atoms with Crippen molar-refractivity contribution in [3.63, 3.8) is 0 Å². The largest absolute Gasteiger partial charge is 0.350 e. The predicted molar refractivity (Wildman–Crippen MR) is 75.3 cm³/mol. The van der Waals surface area contributed by atoms with E-state index in [9.17, 15) is 4.79 Å². The molecule has 0 unspecified atom stereocenters. The van der Waals surface area contributed by atoms with Gasteiger partial charge in [0.1, 0.15) is 9.88 Å². The molecule has 0 atom stereocenters. The minimum atomic E-state index is -0.0691. The van der Waals surface area contributed by atoms with Crippen molar-refractivity contribution in [3.8, 4) is 10.6 Å². The first-order valence-electron chi connectivity index (χ1n) is 6.01. The maximum absolute atomic E-state index is 12.0. The maximum Gasteiger partial charge on any atom is 0.263 e. The molecule has 2 N–H and O–H groups in total. The molecule has 0 aromatic carbocycles. The van der Waals surface area contributed by atoms with Crippen LogP contribution in [0.15, 0.2) is 12.4 Å². The van der Waals surface area contributed by atoms with Crippen LogP contribution in [0.4, 0.5) is 0 Å². The number of aryl methyl sites for hydroxylation is 2. The number of likely N-dealkylation sites (N-methyl/N-ethyl adjacent to an activating group) is 1. The summed E-state index contributed by atoms with van der Waals surface area (Å²) >= 11 is 1.40. The zero-order valence-electron chi connectivity index (χ0n) is 11.2. The van der Waals surface area contributed by atoms with Gasteiger partial charge in [-0.2, -0.15) is 5.10 Å². The van der Waals surface area contributed by atoms with Crippen LogP contribution >= 0.6 is 11.3 Å². The van der Waals surface area contributed by atoms with Crippen LogP contribution in [0.1, 0.15) is 15.4 Å². The molecule has 102 valence electrons. The van der Waals surface area contributed by atoms with Crippen LogP contribution in [-0.2, 0) is 7.05 Å². The number of aromatic nitrogens is 3. The molecule has 0 aliphatic rings. The van der Waals surface area contributed by atoms with Gasteiger partial charge in [-0.1, -0.05) is 0 Å². The van der Waals surface area contributed by atoms with Crippen LogP contribution in [0.5, 0.6) is 0 Å². The number of carbonyl (C=O) groups is 1. The van der Waals surface area contributed by atoms with Gasteiger partial charge in [-0.05, 0) is 14.0 Å². The standard InChI is InChI=1S/C12H17N5OS/c1-8-10(11(18)14-5-4-13-2)19-12(16-8)9-6-15-17(3)7-9/h6-7,13H,4-5H2,1-3H3,(H,14,18). The highest BCUT2D eigenvalue weighted by atomic mass is 32.1. The summed E-state index contributed by atoms with van der Waals surface area (Å²) in [5.41, 5.74) is 1.69. The molecular weight excluding hydrogens is 262 g/mol. The Bertz CT molecular complexity index is 574. The highest BCUT2D eigenvalue weighted by Gasteiger charge is 2.16. The second kappa shape index (κ2) is 5.94. The van der Waals surface area contributed by atoms with Crippen molar-refractivity contribution in [2.75, 3.05) is 20.1 Å². The van der Waals surface area contributed by atoms with Crippen molar-refractivity contribution >= 4 is 17.2 Å². The Balaban J connectivity index is 2.14. The van der Waals surface area contributed by atoms with Gasteiger partial charge in [-0.25, -0.2) is 4.98 Å². The molecular formula is C12H17N5OS. The van der Waals surface area contributed by atoms with Crippen LogP contribution in [-0.4, -0.2) is 40.8 Å². The summed E-state index contributed by atoms with van der Waals surface area (Å²) in [6, 6.07) is 0. The third kappa shape index (κ3) is 3.18. The van der Waals surface area contributed by atoms with E-state index in [2.05, 4.69) is 20.7 Å². The van der Waals surface area contributed by atoms with E-state index in [0.29, 0.717) is 11.4 Å². The lowest BCUT2D eigenvalue weighted by Crippen LogP contribution is -2.30. The van der Waals surface area contributed by atoms with Crippen LogP contribution in [0.3, 0.4) is 0 Å². The highest BCUT2D eigenvalue weighted by Crippen LogP contribution is 2.27. The number of rotatable bonds is 5. The smallest absolute Gasteiger partial charge is 0.263 e. The Morgan fingerprint density at radius 3 is 2.89 bits per heavy atom. The first kappa shape index (κ1) is 13.7. The summed E-state index contributed by atoms with van der Waals surface area (Å²) in [6.45, 7) is 3.21. The number of amides is 1. The molecule has 0 saturated carbocycles. The maximum atomic E-state index is 12.0. The van der Waals surface area contributed by atoms with E-state index < -0.39 is 0 Å². The van der Waals surface area contributed by atoms with Crippen molar-refractivity contribution in [2.24, 2.45) is 7.05 Å². The predicted octanol–water partition coefficient (Wildman–Crippen LogP) is 0.801. The van der Waals surface area contributed by atoms with E-state index in [1.165, 1.54) is 11.3 Å². The number of hydrogen-bond donors (Lipinski definition) is 2. The van der Waals surface area contributed by atoms with E-state index >= 15 is 0 Å². The number of nitrogens with zero attached hydrogens (tertiary/aromatic N) is 3. The van der Waals surface area contributed by atoms with Crippen LogP contribution in [0.25, 0.3) is 10.6 Å². The molecule has 0 aliphatic carbocycles. The molecule has 2 aromatic rings. The van der Waals surface area contributed by atoms with Gasteiger partial charge >= 0.3 is 0 Å². The Hall–Kier alpha value is -1.73. The molecule has 19 heavy (non-hydrogen) atoms. The summed E-state index contributed by atoms with van der Waals surface area (Å²) in [5, 5.41) is 10.8. The molecule has 7 heteroatoms. The molecule has 0 saturated heterocycles. The second-order valence-electron chi connectivity index (χ2n) is 4.20. The van der Waals surface area contributed by atoms with E-state index in [1.807, 2.05) is 27.2 Å². The lowest BCUT2D eigenvalue weighted by Gasteiger charge is -2.02. The lowest BCUT2D eigenvalue weighted by atomic mass is 10.3. The van der Waals surface area contributed by atoms with E-state index in [4.69, 9.17) is 0 Å². The summed E-state index contributed by atoms with van der Waals surface area (Å²) < 4.78 is 1.72. The van der Waals surface area contributed by atoms with Crippen molar-refractivity contribution < 1.29 is 4.79 Å². The number of carbonyl (C=O) groups excluding carboxylic acids is 1. The van der Waals surface area contributed by atoms with Crippen LogP contribution in [0.2, 0.25) is 0 Å². The molecule has 0 spiro atoms. The van der Waals surface area contributed by atoms with Gasteiger partial charge in [-0.3, -0.25) is 9.48 Å². The Morgan fingerprint density at radius 1 is 1.47 bits per heavy atom. The average molecular weight is 279 g/mol. The summed E-state index contributed by atoms with van der Waals surface area (Å²) in [6.07, 6.45) is 3.64. The van der Waals surface area contributed by atoms with E-state index in [1.54, 1.807) is 10.9 Å². The van der Waals surface area contributed by atoms with Gasteiger partial charge < -0.3 is 10.6 Å². The normalized spacial score (nSPS) is 10.7.